The van der Waals surface area contributed by atoms with Gasteiger partial charge in [-0.1, -0.05) is 78.9 Å². The predicted octanol–water partition coefficient (Wildman–Crippen LogP) is 5.21. The molecular formula is C29H25N3O3. The van der Waals surface area contributed by atoms with Crippen LogP contribution in [0.2, 0.25) is 0 Å². The second-order valence-electron chi connectivity index (χ2n) is 7.80. The molecule has 0 atom stereocenters. The van der Waals surface area contributed by atoms with Gasteiger partial charge in [0.2, 0.25) is 5.91 Å². The third kappa shape index (κ3) is 7.14. The molecule has 0 spiro atoms. The van der Waals surface area contributed by atoms with Crippen molar-refractivity contribution in [3.05, 3.63) is 131 Å². The van der Waals surface area contributed by atoms with Crippen LogP contribution in [0.25, 0.3) is 0 Å². The summed E-state index contributed by atoms with van der Waals surface area (Å²) < 4.78 is 5.92. The molecule has 35 heavy (non-hydrogen) atoms. The molecular weight excluding hydrogens is 438 g/mol. The summed E-state index contributed by atoms with van der Waals surface area (Å²) in [6, 6.07) is 33.6. The monoisotopic (exact) mass is 463 g/mol. The molecule has 0 saturated heterocycles. The van der Waals surface area contributed by atoms with E-state index >= 15 is 0 Å². The maximum absolute atomic E-state index is 12.6. The summed E-state index contributed by atoms with van der Waals surface area (Å²) in [5.41, 5.74) is 6.18. The van der Waals surface area contributed by atoms with Gasteiger partial charge in [0.25, 0.3) is 5.91 Å². The predicted molar refractivity (Wildman–Crippen MR) is 137 cm³/mol. The minimum Gasteiger partial charge on any atom is -0.488 e. The fourth-order valence-corrected chi connectivity index (χ4v) is 3.40. The SMILES string of the molecule is O=C(Cc1ccccc1)Nc1cccc(C(=O)N/N=C\c2ccccc2OCc2ccccc2)c1. The first kappa shape index (κ1) is 23.4. The summed E-state index contributed by atoms with van der Waals surface area (Å²) in [7, 11) is 0. The fourth-order valence-electron chi connectivity index (χ4n) is 3.40. The molecule has 0 radical (unpaired) electrons. The second kappa shape index (κ2) is 12.0. The van der Waals surface area contributed by atoms with Gasteiger partial charge < -0.3 is 10.1 Å². The number of anilines is 1. The lowest BCUT2D eigenvalue weighted by Gasteiger charge is -2.09. The fraction of sp³-hybridized carbons (Fsp3) is 0.0690. The molecule has 4 rings (SSSR count). The smallest absolute Gasteiger partial charge is 0.271 e. The molecule has 2 N–H and O–H groups in total. The Bertz CT molecular complexity index is 1310. The number of benzene rings is 4. The third-order valence-electron chi connectivity index (χ3n) is 5.14. The van der Waals surface area contributed by atoms with Crippen LogP contribution in [0.4, 0.5) is 5.69 Å². The first-order valence-corrected chi connectivity index (χ1v) is 11.2. The average molecular weight is 464 g/mol. The topological polar surface area (TPSA) is 79.8 Å². The van der Waals surface area contributed by atoms with Crippen LogP contribution >= 0.6 is 0 Å². The molecule has 4 aromatic carbocycles. The Kier molecular flexibility index (Phi) is 8.01. The van der Waals surface area contributed by atoms with Crippen molar-refractivity contribution >= 4 is 23.7 Å². The number of nitrogens with one attached hydrogen (secondary N) is 2. The van der Waals surface area contributed by atoms with Crippen molar-refractivity contribution < 1.29 is 14.3 Å². The van der Waals surface area contributed by atoms with Crippen LogP contribution < -0.4 is 15.5 Å². The quantitative estimate of drug-likeness (QED) is 0.264. The Morgan fingerprint density at radius 3 is 2.23 bits per heavy atom. The maximum atomic E-state index is 12.6. The Balaban J connectivity index is 1.34. The zero-order chi connectivity index (χ0) is 24.3. The largest absolute Gasteiger partial charge is 0.488 e. The van der Waals surface area contributed by atoms with Gasteiger partial charge in [0, 0.05) is 16.8 Å². The lowest BCUT2D eigenvalue weighted by molar-refractivity contribution is -0.115. The molecule has 0 saturated carbocycles. The van der Waals surface area contributed by atoms with Crippen molar-refractivity contribution in [2.45, 2.75) is 13.0 Å². The first-order chi connectivity index (χ1) is 17.2. The van der Waals surface area contributed by atoms with Gasteiger partial charge in [0.1, 0.15) is 12.4 Å². The van der Waals surface area contributed by atoms with E-state index in [0.717, 1.165) is 16.7 Å². The molecule has 0 heterocycles. The summed E-state index contributed by atoms with van der Waals surface area (Å²) in [4.78, 5) is 24.9. The number of hydrazone groups is 1. The lowest BCUT2D eigenvalue weighted by Crippen LogP contribution is -2.19. The highest BCUT2D eigenvalue weighted by Gasteiger charge is 2.08. The Labute approximate surface area is 204 Å². The minimum atomic E-state index is -0.386. The summed E-state index contributed by atoms with van der Waals surface area (Å²) in [5.74, 6) is 0.124. The van der Waals surface area contributed by atoms with E-state index in [-0.39, 0.29) is 18.2 Å². The van der Waals surface area contributed by atoms with E-state index in [4.69, 9.17) is 4.74 Å². The van der Waals surface area contributed by atoms with Gasteiger partial charge in [-0.15, -0.1) is 0 Å². The van der Waals surface area contributed by atoms with E-state index in [1.165, 1.54) is 0 Å². The van der Waals surface area contributed by atoms with E-state index in [2.05, 4.69) is 15.8 Å². The molecule has 0 aliphatic rings. The molecule has 0 fully saturated rings. The Morgan fingerprint density at radius 2 is 1.46 bits per heavy atom. The number of rotatable bonds is 9. The van der Waals surface area contributed by atoms with Gasteiger partial charge in [-0.25, -0.2) is 5.43 Å². The van der Waals surface area contributed by atoms with Crippen LogP contribution in [0, 0.1) is 0 Å². The Hall–Kier alpha value is -4.71. The van der Waals surface area contributed by atoms with Crippen LogP contribution in [0.15, 0.2) is 114 Å². The van der Waals surface area contributed by atoms with Crippen molar-refractivity contribution in [2.24, 2.45) is 5.10 Å². The number of nitrogens with zero attached hydrogens (tertiary/aromatic N) is 1. The number of ether oxygens (including phenoxy) is 1. The van der Waals surface area contributed by atoms with E-state index in [1.54, 1.807) is 30.5 Å². The molecule has 0 aliphatic carbocycles. The highest BCUT2D eigenvalue weighted by Crippen LogP contribution is 2.18. The summed E-state index contributed by atoms with van der Waals surface area (Å²) in [6.07, 6.45) is 1.80. The van der Waals surface area contributed by atoms with Crippen LogP contribution in [0.3, 0.4) is 0 Å². The average Bonchev–Trinajstić information content (AvgIpc) is 2.89. The zero-order valence-corrected chi connectivity index (χ0v) is 19.1. The Morgan fingerprint density at radius 1 is 0.771 bits per heavy atom. The van der Waals surface area contributed by atoms with Gasteiger partial charge in [-0.2, -0.15) is 5.10 Å². The highest BCUT2D eigenvalue weighted by molar-refractivity contribution is 5.98. The zero-order valence-electron chi connectivity index (χ0n) is 19.1. The van der Waals surface area contributed by atoms with Gasteiger partial charge >= 0.3 is 0 Å². The number of hydrogen-bond acceptors (Lipinski definition) is 4. The summed E-state index contributed by atoms with van der Waals surface area (Å²) in [5, 5.41) is 6.92. The van der Waals surface area contributed by atoms with Crippen molar-refractivity contribution in [1.82, 2.24) is 5.43 Å². The van der Waals surface area contributed by atoms with E-state index < -0.39 is 0 Å². The number of hydrogen-bond donors (Lipinski definition) is 2. The summed E-state index contributed by atoms with van der Waals surface area (Å²) >= 11 is 0. The van der Waals surface area contributed by atoms with Gasteiger partial charge in [0.05, 0.1) is 12.6 Å². The van der Waals surface area contributed by atoms with Crippen LogP contribution in [-0.2, 0) is 17.8 Å². The van der Waals surface area contributed by atoms with Crippen molar-refractivity contribution in [1.29, 1.82) is 0 Å². The van der Waals surface area contributed by atoms with Crippen molar-refractivity contribution in [3.63, 3.8) is 0 Å². The number of carbonyl (C=O) groups excluding carboxylic acids is 2. The molecule has 0 aromatic heterocycles. The van der Waals surface area contributed by atoms with E-state index in [1.807, 2.05) is 84.9 Å². The van der Waals surface area contributed by atoms with Crippen molar-refractivity contribution in [3.8, 4) is 5.75 Å². The summed E-state index contributed by atoms with van der Waals surface area (Å²) in [6.45, 7) is 0.431. The lowest BCUT2D eigenvalue weighted by atomic mass is 10.1. The second-order valence-corrected chi connectivity index (χ2v) is 7.80. The van der Waals surface area contributed by atoms with Gasteiger partial charge in [-0.3, -0.25) is 9.59 Å². The van der Waals surface area contributed by atoms with Gasteiger partial charge in [-0.05, 0) is 41.5 Å². The molecule has 2 amide bonds. The van der Waals surface area contributed by atoms with Crippen molar-refractivity contribution in [2.75, 3.05) is 5.32 Å². The standard InChI is InChI=1S/C29H25N3O3/c33-28(18-22-10-3-1-4-11-22)31-26-16-9-15-24(19-26)29(34)32-30-20-25-14-7-8-17-27(25)35-21-23-12-5-2-6-13-23/h1-17,19-20H,18,21H2,(H,31,33)(H,32,34)/b30-20-. The molecule has 0 aliphatic heterocycles. The highest BCUT2D eigenvalue weighted by atomic mass is 16.5. The normalized spacial score (nSPS) is 10.6. The molecule has 0 unspecified atom stereocenters. The molecule has 174 valence electrons. The number of amides is 2. The third-order valence-corrected chi connectivity index (χ3v) is 5.14. The molecule has 6 heteroatoms. The first-order valence-electron chi connectivity index (χ1n) is 11.2. The van der Waals surface area contributed by atoms with E-state index in [0.29, 0.717) is 23.6 Å². The molecule has 0 bridgehead atoms. The number of para-hydroxylation sites is 1. The molecule has 4 aromatic rings. The van der Waals surface area contributed by atoms with Crippen LogP contribution in [0.5, 0.6) is 5.75 Å². The molecule has 6 nitrogen and oxygen atoms in total. The number of carbonyl (C=O) groups is 2. The maximum Gasteiger partial charge on any atom is 0.271 e. The van der Waals surface area contributed by atoms with Gasteiger partial charge in [0.15, 0.2) is 0 Å². The van der Waals surface area contributed by atoms with Crippen LogP contribution in [-0.4, -0.2) is 18.0 Å². The minimum absolute atomic E-state index is 0.154. The van der Waals surface area contributed by atoms with Crippen LogP contribution in [0.1, 0.15) is 27.0 Å². The van der Waals surface area contributed by atoms with E-state index in [9.17, 15) is 9.59 Å².